The van der Waals surface area contributed by atoms with E-state index in [9.17, 15) is 4.79 Å². The van der Waals surface area contributed by atoms with Crippen molar-refractivity contribution in [3.8, 4) is 5.88 Å². The van der Waals surface area contributed by atoms with E-state index >= 15 is 0 Å². The molecule has 1 aliphatic carbocycles. The number of hydrogen-bond donors (Lipinski definition) is 1. The Hall–Kier alpha value is -1.56. The van der Waals surface area contributed by atoms with Crippen LogP contribution in [0.1, 0.15) is 29.8 Å². The minimum atomic E-state index is -0.526. The highest BCUT2D eigenvalue weighted by Crippen LogP contribution is 2.29. The maximum atomic E-state index is 11.0. The summed E-state index contributed by atoms with van der Waals surface area (Å²) < 4.78 is 13.0. The van der Waals surface area contributed by atoms with Gasteiger partial charge in [-0.25, -0.2) is 4.68 Å². The van der Waals surface area contributed by atoms with Crippen LogP contribution in [0.15, 0.2) is 6.07 Å². The highest BCUT2D eigenvalue weighted by Gasteiger charge is 2.25. The molecule has 6 heteroatoms. The first kappa shape index (κ1) is 11.5. The third-order valence-electron chi connectivity index (χ3n) is 3.30. The quantitative estimate of drug-likeness (QED) is 0.829. The Bertz CT molecular complexity index is 453. The number of aryl methyl sites for hydroxylation is 1. The van der Waals surface area contributed by atoms with E-state index in [4.69, 9.17) is 15.2 Å². The van der Waals surface area contributed by atoms with Gasteiger partial charge >= 0.3 is 0 Å². The van der Waals surface area contributed by atoms with Gasteiger partial charge < -0.3 is 15.2 Å². The van der Waals surface area contributed by atoms with Crippen molar-refractivity contribution in [1.29, 1.82) is 0 Å². The number of carbonyl (C=O) groups excluding carboxylic acids is 1. The minimum absolute atomic E-state index is 0.0497. The number of hydrogen-bond acceptors (Lipinski definition) is 4. The molecule has 1 atom stereocenters. The SMILES string of the molecule is NC(=O)c1cc2n(n1)CCC(COCC1CC1)O2. The monoisotopic (exact) mass is 251 g/mol. The summed E-state index contributed by atoms with van der Waals surface area (Å²) >= 11 is 0. The molecule has 0 saturated heterocycles. The van der Waals surface area contributed by atoms with Gasteiger partial charge in [0.15, 0.2) is 5.69 Å². The van der Waals surface area contributed by atoms with Crippen molar-refractivity contribution in [3.63, 3.8) is 0 Å². The number of rotatable bonds is 5. The summed E-state index contributed by atoms with van der Waals surface area (Å²) in [7, 11) is 0. The number of nitrogens with two attached hydrogens (primary N) is 1. The van der Waals surface area contributed by atoms with Crippen molar-refractivity contribution in [1.82, 2.24) is 9.78 Å². The molecule has 1 aromatic rings. The van der Waals surface area contributed by atoms with Crippen LogP contribution < -0.4 is 10.5 Å². The zero-order chi connectivity index (χ0) is 12.5. The molecule has 0 radical (unpaired) electrons. The normalized spacial score (nSPS) is 22.3. The third-order valence-corrected chi connectivity index (χ3v) is 3.30. The minimum Gasteiger partial charge on any atom is -0.472 e. The summed E-state index contributed by atoms with van der Waals surface area (Å²) in [6.07, 6.45) is 3.48. The standard InChI is InChI=1S/C12H17N3O3/c13-12(16)10-5-11-15(14-10)4-3-9(18-11)7-17-6-8-1-2-8/h5,8-9H,1-4,6-7H2,(H2,13,16). The molecule has 1 amide bonds. The average Bonchev–Trinajstić information content (AvgIpc) is 3.06. The first-order valence-corrected chi connectivity index (χ1v) is 6.34. The van der Waals surface area contributed by atoms with Crippen LogP contribution in [0.25, 0.3) is 0 Å². The molecule has 98 valence electrons. The Balaban J connectivity index is 1.56. The van der Waals surface area contributed by atoms with Gasteiger partial charge in [0.25, 0.3) is 5.91 Å². The van der Waals surface area contributed by atoms with Gasteiger partial charge in [0.2, 0.25) is 5.88 Å². The molecule has 1 fully saturated rings. The summed E-state index contributed by atoms with van der Waals surface area (Å²) in [5.74, 6) is 0.845. The molecule has 1 aliphatic heterocycles. The van der Waals surface area contributed by atoms with Crippen molar-refractivity contribution in [2.75, 3.05) is 13.2 Å². The highest BCUT2D eigenvalue weighted by atomic mass is 16.5. The predicted molar refractivity (Wildman–Crippen MR) is 63.3 cm³/mol. The van der Waals surface area contributed by atoms with Gasteiger partial charge in [0.1, 0.15) is 6.10 Å². The Morgan fingerprint density at radius 3 is 3.06 bits per heavy atom. The molecule has 0 bridgehead atoms. The lowest BCUT2D eigenvalue weighted by molar-refractivity contribution is 0.0221. The number of fused-ring (bicyclic) bond motifs is 1. The second-order valence-corrected chi connectivity index (χ2v) is 4.96. The second-order valence-electron chi connectivity index (χ2n) is 4.96. The van der Waals surface area contributed by atoms with E-state index in [1.165, 1.54) is 12.8 Å². The van der Waals surface area contributed by atoms with Crippen LogP contribution in [-0.2, 0) is 11.3 Å². The fourth-order valence-electron chi connectivity index (χ4n) is 2.04. The number of carbonyl (C=O) groups is 1. The van der Waals surface area contributed by atoms with E-state index in [-0.39, 0.29) is 11.8 Å². The molecule has 1 aromatic heterocycles. The number of ether oxygens (including phenoxy) is 2. The molecule has 18 heavy (non-hydrogen) atoms. The van der Waals surface area contributed by atoms with E-state index in [0.29, 0.717) is 12.5 Å². The van der Waals surface area contributed by atoms with Gasteiger partial charge in [0.05, 0.1) is 6.61 Å². The summed E-state index contributed by atoms with van der Waals surface area (Å²) in [6, 6.07) is 1.59. The lowest BCUT2D eigenvalue weighted by atomic mass is 10.2. The Morgan fingerprint density at radius 1 is 1.50 bits per heavy atom. The fraction of sp³-hybridized carbons (Fsp3) is 0.667. The number of primary amides is 1. The summed E-state index contributed by atoms with van der Waals surface area (Å²) in [5.41, 5.74) is 5.44. The average molecular weight is 251 g/mol. The van der Waals surface area contributed by atoms with Crippen LogP contribution in [0.4, 0.5) is 0 Å². The Morgan fingerprint density at radius 2 is 2.33 bits per heavy atom. The predicted octanol–water partition coefficient (Wildman–Crippen LogP) is 0.560. The number of nitrogens with zero attached hydrogens (tertiary/aromatic N) is 2. The van der Waals surface area contributed by atoms with Crippen molar-refractivity contribution >= 4 is 5.91 Å². The second kappa shape index (κ2) is 4.61. The number of aromatic nitrogens is 2. The molecule has 1 saturated carbocycles. The smallest absolute Gasteiger partial charge is 0.269 e. The Labute approximate surface area is 105 Å². The lowest BCUT2D eigenvalue weighted by Crippen LogP contribution is -2.30. The van der Waals surface area contributed by atoms with Crippen molar-refractivity contribution in [3.05, 3.63) is 11.8 Å². The zero-order valence-electron chi connectivity index (χ0n) is 10.2. The van der Waals surface area contributed by atoms with Crippen LogP contribution in [-0.4, -0.2) is 35.0 Å². The topological polar surface area (TPSA) is 79.4 Å². The molecule has 2 heterocycles. The van der Waals surface area contributed by atoms with Gasteiger partial charge in [-0.15, -0.1) is 0 Å². The first-order valence-electron chi connectivity index (χ1n) is 6.34. The van der Waals surface area contributed by atoms with Crippen LogP contribution in [0.3, 0.4) is 0 Å². The molecule has 2 N–H and O–H groups in total. The lowest BCUT2D eigenvalue weighted by Gasteiger charge is -2.24. The van der Waals surface area contributed by atoms with Gasteiger partial charge in [0, 0.05) is 25.6 Å². The van der Waals surface area contributed by atoms with Gasteiger partial charge in [-0.05, 0) is 18.8 Å². The third kappa shape index (κ3) is 2.48. The highest BCUT2D eigenvalue weighted by molar-refractivity contribution is 5.91. The molecular weight excluding hydrogens is 234 g/mol. The summed E-state index contributed by atoms with van der Waals surface area (Å²) in [5, 5.41) is 4.08. The molecule has 2 aliphatic rings. The molecule has 1 unspecified atom stereocenters. The van der Waals surface area contributed by atoms with E-state index in [0.717, 1.165) is 25.5 Å². The molecule has 0 aromatic carbocycles. The van der Waals surface area contributed by atoms with E-state index in [1.54, 1.807) is 10.7 Å². The van der Waals surface area contributed by atoms with E-state index in [2.05, 4.69) is 5.10 Å². The molecule has 3 rings (SSSR count). The van der Waals surface area contributed by atoms with E-state index < -0.39 is 5.91 Å². The van der Waals surface area contributed by atoms with Gasteiger partial charge in [-0.2, -0.15) is 5.10 Å². The van der Waals surface area contributed by atoms with Gasteiger partial charge in [-0.1, -0.05) is 0 Å². The first-order chi connectivity index (χ1) is 8.72. The van der Waals surface area contributed by atoms with Crippen LogP contribution in [0, 0.1) is 5.92 Å². The van der Waals surface area contributed by atoms with Crippen LogP contribution in [0.2, 0.25) is 0 Å². The maximum Gasteiger partial charge on any atom is 0.269 e. The van der Waals surface area contributed by atoms with Gasteiger partial charge in [-0.3, -0.25) is 4.79 Å². The Kier molecular flexibility index (Phi) is 2.95. The molecule has 6 nitrogen and oxygen atoms in total. The fourth-order valence-corrected chi connectivity index (χ4v) is 2.04. The van der Waals surface area contributed by atoms with E-state index in [1.807, 2.05) is 0 Å². The molecular formula is C12H17N3O3. The maximum absolute atomic E-state index is 11.0. The summed E-state index contributed by atoms with van der Waals surface area (Å²) in [4.78, 5) is 11.0. The van der Waals surface area contributed by atoms with Crippen molar-refractivity contribution in [2.45, 2.75) is 31.9 Å². The zero-order valence-corrected chi connectivity index (χ0v) is 10.2. The van der Waals surface area contributed by atoms with Crippen molar-refractivity contribution in [2.24, 2.45) is 11.7 Å². The van der Waals surface area contributed by atoms with Crippen LogP contribution >= 0.6 is 0 Å². The summed E-state index contributed by atoms with van der Waals surface area (Å²) in [6.45, 7) is 2.18. The van der Waals surface area contributed by atoms with Crippen molar-refractivity contribution < 1.29 is 14.3 Å². The van der Waals surface area contributed by atoms with Crippen LogP contribution in [0.5, 0.6) is 5.88 Å². The molecule has 0 spiro atoms. The number of amides is 1. The largest absolute Gasteiger partial charge is 0.472 e.